The average Bonchev–Trinajstić information content (AvgIpc) is 3.28. The van der Waals surface area contributed by atoms with Gasteiger partial charge in [0.2, 0.25) is 0 Å². The van der Waals surface area contributed by atoms with Crippen LogP contribution in [0.1, 0.15) is 43.1 Å². The molecule has 6 heteroatoms. The number of hydrogen-bond donors (Lipinski definition) is 1. The number of nitrogens with one attached hydrogen (secondary N) is 1. The Labute approximate surface area is 162 Å². The van der Waals surface area contributed by atoms with Crippen LogP contribution in [0.15, 0.2) is 36.7 Å². The molecule has 1 aliphatic carbocycles. The maximum absolute atomic E-state index is 6.18. The number of halogens is 1. The second-order valence-electron chi connectivity index (χ2n) is 7.26. The molecule has 26 heavy (non-hydrogen) atoms. The molecule has 2 aromatic rings. The summed E-state index contributed by atoms with van der Waals surface area (Å²) in [6.45, 7) is 3.94. The van der Waals surface area contributed by atoms with Crippen molar-refractivity contribution in [1.82, 2.24) is 19.8 Å². The van der Waals surface area contributed by atoms with Crippen LogP contribution in [0, 0.1) is 0 Å². The van der Waals surface area contributed by atoms with Crippen LogP contribution in [-0.2, 0) is 13.6 Å². The van der Waals surface area contributed by atoms with E-state index in [0.29, 0.717) is 12.1 Å². The third-order valence-electron chi connectivity index (χ3n) is 5.40. The summed E-state index contributed by atoms with van der Waals surface area (Å²) in [5.74, 6) is 2.15. The minimum atomic E-state index is 0. The summed E-state index contributed by atoms with van der Waals surface area (Å²) in [5, 5.41) is 3.51. The number of piperazine rings is 1. The van der Waals surface area contributed by atoms with Crippen LogP contribution < -0.4 is 10.1 Å². The van der Waals surface area contributed by atoms with E-state index in [9.17, 15) is 0 Å². The molecule has 1 atom stereocenters. The van der Waals surface area contributed by atoms with Gasteiger partial charge >= 0.3 is 0 Å². The quantitative estimate of drug-likeness (QED) is 0.869. The third kappa shape index (κ3) is 4.40. The fourth-order valence-corrected chi connectivity index (χ4v) is 4.04. The number of hydrogen-bond acceptors (Lipinski definition) is 4. The molecular weight excluding hydrogens is 348 g/mol. The Morgan fingerprint density at radius 1 is 1.27 bits per heavy atom. The number of rotatable bonds is 5. The first-order valence-electron chi connectivity index (χ1n) is 9.47. The number of nitrogens with zero attached hydrogens (tertiary/aromatic N) is 3. The van der Waals surface area contributed by atoms with Gasteiger partial charge < -0.3 is 14.6 Å². The zero-order valence-corrected chi connectivity index (χ0v) is 16.3. The van der Waals surface area contributed by atoms with Gasteiger partial charge in [0.25, 0.3) is 0 Å². The molecule has 1 aromatic carbocycles. The van der Waals surface area contributed by atoms with Crippen LogP contribution in [0.3, 0.4) is 0 Å². The summed E-state index contributed by atoms with van der Waals surface area (Å²) in [5.41, 5.74) is 1.32. The SMILES string of the molecule is Cl.Cn1ccnc1C1CNCCN1Cc1cccc(OC2CCCC2)c1. The Morgan fingerprint density at radius 3 is 2.88 bits per heavy atom. The first-order chi connectivity index (χ1) is 12.3. The first kappa shape index (κ1) is 19.2. The van der Waals surface area contributed by atoms with E-state index in [1.165, 1.54) is 31.2 Å². The maximum atomic E-state index is 6.18. The molecule has 1 unspecified atom stereocenters. The minimum absolute atomic E-state index is 0. The van der Waals surface area contributed by atoms with Gasteiger partial charge in [-0.1, -0.05) is 12.1 Å². The molecule has 1 N–H and O–H groups in total. The van der Waals surface area contributed by atoms with Gasteiger partial charge in [-0.15, -0.1) is 12.4 Å². The van der Waals surface area contributed by atoms with Crippen molar-refractivity contribution in [3.63, 3.8) is 0 Å². The molecule has 2 fully saturated rings. The minimum Gasteiger partial charge on any atom is -0.490 e. The van der Waals surface area contributed by atoms with Crippen molar-refractivity contribution in [1.29, 1.82) is 0 Å². The lowest BCUT2D eigenvalue weighted by Crippen LogP contribution is -2.46. The lowest BCUT2D eigenvalue weighted by atomic mass is 10.1. The highest BCUT2D eigenvalue weighted by Crippen LogP contribution is 2.27. The van der Waals surface area contributed by atoms with E-state index < -0.39 is 0 Å². The summed E-state index contributed by atoms with van der Waals surface area (Å²) >= 11 is 0. The van der Waals surface area contributed by atoms with Crippen molar-refractivity contribution < 1.29 is 4.74 Å². The molecular formula is C20H29ClN4O. The van der Waals surface area contributed by atoms with E-state index in [1.54, 1.807) is 0 Å². The third-order valence-corrected chi connectivity index (χ3v) is 5.40. The molecule has 142 valence electrons. The Morgan fingerprint density at radius 2 is 2.12 bits per heavy atom. The Balaban J connectivity index is 0.00000196. The Bertz CT molecular complexity index is 699. The summed E-state index contributed by atoms with van der Waals surface area (Å²) in [7, 11) is 2.07. The lowest BCUT2D eigenvalue weighted by Gasteiger charge is -2.35. The van der Waals surface area contributed by atoms with Gasteiger partial charge in [0.15, 0.2) is 0 Å². The van der Waals surface area contributed by atoms with Gasteiger partial charge in [0, 0.05) is 45.6 Å². The topological polar surface area (TPSA) is 42.3 Å². The van der Waals surface area contributed by atoms with Crippen LogP contribution in [0.5, 0.6) is 5.75 Å². The fourth-order valence-electron chi connectivity index (χ4n) is 4.04. The van der Waals surface area contributed by atoms with Gasteiger partial charge in [-0.25, -0.2) is 4.98 Å². The number of benzene rings is 1. The van der Waals surface area contributed by atoms with Crippen LogP contribution in [0.25, 0.3) is 0 Å². The number of imidazole rings is 1. The lowest BCUT2D eigenvalue weighted by molar-refractivity contribution is 0.144. The van der Waals surface area contributed by atoms with Crippen molar-refractivity contribution in [3.05, 3.63) is 48.0 Å². The predicted octanol–water partition coefficient (Wildman–Crippen LogP) is 3.31. The summed E-state index contributed by atoms with van der Waals surface area (Å²) in [6.07, 6.45) is 9.32. The molecule has 1 aromatic heterocycles. The molecule has 0 radical (unpaired) electrons. The number of aryl methyl sites for hydroxylation is 1. The van der Waals surface area contributed by atoms with Crippen LogP contribution in [0.4, 0.5) is 0 Å². The van der Waals surface area contributed by atoms with Gasteiger partial charge in [-0.2, -0.15) is 0 Å². The monoisotopic (exact) mass is 376 g/mol. The van der Waals surface area contributed by atoms with Crippen LogP contribution in [-0.4, -0.2) is 40.2 Å². The van der Waals surface area contributed by atoms with E-state index in [2.05, 4.69) is 51.1 Å². The van der Waals surface area contributed by atoms with E-state index in [1.807, 2.05) is 12.4 Å². The highest BCUT2D eigenvalue weighted by atomic mass is 35.5. The molecule has 1 aliphatic heterocycles. The average molecular weight is 377 g/mol. The van der Waals surface area contributed by atoms with E-state index in [0.717, 1.165) is 37.8 Å². The second kappa shape index (κ2) is 8.89. The zero-order chi connectivity index (χ0) is 17.1. The van der Waals surface area contributed by atoms with Gasteiger partial charge in [0.1, 0.15) is 11.6 Å². The molecule has 0 amide bonds. The molecule has 2 heterocycles. The maximum Gasteiger partial charge on any atom is 0.127 e. The highest BCUT2D eigenvalue weighted by molar-refractivity contribution is 5.85. The molecule has 0 bridgehead atoms. The summed E-state index contributed by atoms with van der Waals surface area (Å²) in [6, 6.07) is 8.95. The molecule has 5 nitrogen and oxygen atoms in total. The molecule has 1 saturated carbocycles. The smallest absolute Gasteiger partial charge is 0.127 e. The van der Waals surface area contributed by atoms with Crippen LogP contribution in [0.2, 0.25) is 0 Å². The zero-order valence-electron chi connectivity index (χ0n) is 15.4. The Hall–Kier alpha value is -1.56. The second-order valence-corrected chi connectivity index (χ2v) is 7.26. The first-order valence-corrected chi connectivity index (χ1v) is 9.47. The van der Waals surface area contributed by atoms with Crippen LogP contribution >= 0.6 is 12.4 Å². The summed E-state index contributed by atoms with van der Waals surface area (Å²) in [4.78, 5) is 7.10. The van der Waals surface area contributed by atoms with E-state index in [4.69, 9.17) is 4.74 Å². The van der Waals surface area contributed by atoms with Gasteiger partial charge in [-0.3, -0.25) is 4.90 Å². The molecule has 0 spiro atoms. The van der Waals surface area contributed by atoms with Crippen molar-refractivity contribution in [2.75, 3.05) is 19.6 Å². The molecule has 4 rings (SSSR count). The van der Waals surface area contributed by atoms with Crippen molar-refractivity contribution in [2.45, 2.75) is 44.4 Å². The summed E-state index contributed by atoms with van der Waals surface area (Å²) < 4.78 is 8.31. The molecule has 1 saturated heterocycles. The Kier molecular flexibility index (Phi) is 6.57. The number of ether oxygens (including phenoxy) is 1. The van der Waals surface area contributed by atoms with Gasteiger partial charge in [-0.05, 0) is 43.4 Å². The molecule has 2 aliphatic rings. The predicted molar refractivity (Wildman–Crippen MR) is 106 cm³/mol. The van der Waals surface area contributed by atoms with E-state index >= 15 is 0 Å². The van der Waals surface area contributed by atoms with Crippen molar-refractivity contribution in [3.8, 4) is 5.75 Å². The van der Waals surface area contributed by atoms with Crippen molar-refractivity contribution in [2.24, 2.45) is 7.05 Å². The van der Waals surface area contributed by atoms with E-state index in [-0.39, 0.29) is 12.4 Å². The largest absolute Gasteiger partial charge is 0.490 e. The highest BCUT2D eigenvalue weighted by Gasteiger charge is 2.26. The number of aromatic nitrogens is 2. The van der Waals surface area contributed by atoms with Gasteiger partial charge in [0.05, 0.1) is 12.1 Å². The normalized spacial score (nSPS) is 21.5. The standard InChI is InChI=1S/C20H28N4O.ClH/c1-23-11-10-22-20(23)19-14-21-9-12-24(19)15-16-5-4-8-18(13-16)25-17-6-2-3-7-17;/h4-5,8,10-11,13,17,19,21H,2-3,6-7,9,12,14-15H2,1H3;1H. The van der Waals surface area contributed by atoms with Crippen molar-refractivity contribution >= 4 is 12.4 Å². The fraction of sp³-hybridized carbons (Fsp3) is 0.550.